The first-order valence-electron chi connectivity index (χ1n) is 11.5. The quantitative estimate of drug-likeness (QED) is 0.172. The first-order chi connectivity index (χ1) is 13.2. The molecule has 0 radical (unpaired) electrons. The maximum absolute atomic E-state index is 11.6. The Morgan fingerprint density at radius 1 is 0.481 bits per heavy atom. The van der Waals surface area contributed by atoms with E-state index in [0.29, 0.717) is 26.1 Å². The molecule has 0 amide bonds. The Labute approximate surface area is 167 Å². The Bertz CT molecular complexity index is 341. The number of hydrogen-bond donors (Lipinski definition) is 0. The van der Waals surface area contributed by atoms with Gasteiger partial charge in [-0.3, -0.25) is 9.59 Å². The van der Waals surface area contributed by atoms with Crippen molar-refractivity contribution in [3.8, 4) is 0 Å². The number of ether oxygens (including phenoxy) is 2. The number of hydrogen-bond acceptors (Lipinski definition) is 4. The summed E-state index contributed by atoms with van der Waals surface area (Å²) in [7, 11) is 0. The molecular weight excluding hydrogens is 340 g/mol. The van der Waals surface area contributed by atoms with Crippen LogP contribution >= 0.6 is 0 Å². The first-order valence-corrected chi connectivity index (χ1v) is 11.5. The van der Waals surface area contributed by atoms with Crippen molar-refractivity contribution in [2.24, 2.45) is 0 Å². The molecule has 160 valence electrons. The van der Waals surface area contributed by atoms with Crippen molar-refractivity contribution in [1.29, 1.82) is 0 Å². The van der Waals surface area contributed by atoms with E-state index in [9.17, 15) is 9.59 Å². The number of unbranched alkanes of at least 4 members (excludes halogenated alkanes) is 12. The van der Waals surface area contributed by atoms with Crippen LogP contribution in [0.15, 0.2) is 0 Å². The van der Waals surface area contributed by atoms with Gasteiger partial charge < -0.3 is 9.47 Å². The molecule has 27 heavy (non-hydrogen) atoms. The van der Waals surface area contributed by atoms with Crippen molar-refractivity contribution < 1.29 is 19.1 Å². The average molecular weight is 385 g/mol. The van der Waals surface area contributed by atoms with Gasteiger partial charge in [0.1, 0.15) is 0 Å². The van der Waals surface area contributed by atoms with Gasteiger partial charge in [-0.15, -0.1) is 0 Å². The van der Waals surface area contributed by atoms with E-state index in [1.807, 2.05) is 0 Å². The molecule has 4 nitrogen and oxygen atoms in total. The van der Waals surface area contributed by atoms with Gasteiger partial charge in [0.25, 0.3) is 0 Å². The van der Waals surface area contributed by atoms with Gasteiger partial charge in [-0.2, -0.15) is 0 Å². The minimum absolute atomic E-state index is 0.0489. The molecule has 0 aromatic rings. The highest BCUT2D eigenvalue weighted by Gasteiger charge is 2.04. The van der Waals surface area contributed by atoms with Gasteiger partial charge in [-0.05, 0) is 25.7 Å². The van der Waals surface area contributed by atoms with Crippen molar-refractivity contribution in [3.63, 3.8) is 0 Å². The molecule has 0 rings (SSSR count). The van der Waals surface area contributed by atoms with Gasteiger partial charge in [0.05, 0.1) is 13.2 Å². The minimum atomic E-state index is -0.0519. The van der Waals surface area contributed by atoms with Gasteiger partial charge in [0, 0.05) is 12.8 Å². The van der Waals surface area contributed by atoms with E-state index in [0.717, 1.165) is 64.2 Å². The SMILES string of the molecule is CCCCCCCOC(=O)CCCCCCCCC(=O)OCCCCCC. The zero-order chi connectivity index (χ0) is 20.0. The van der Waals surface area contributed by atoms with E-state index in [2.05, 4.69) is 13.8 Å². The Balaban J connectivity index is 3.25. The largest absolute Gasteiger partial charge is 0.466 e. The van der Waals surface area contributed by atoms with Crippen LogP contribution in [-0.2, 0) is 19.1 Å². The van der Waals surface area contributed by atoms with E-state index in [1.54, 1.807) is 0 Å². The summed E-state index contributed by atoms with van der Waals surface area (Å²) < 4.78 is 10.5. The number of rotatable bonds is 20. The molecular formula is C23H44O4. The Morgan fingerprint density at radius 3 is 1.26 bits per heavy atom. The van der Waals surface area contributed by atoms with Crippen LogP contribution in [0.1, 0.15) is 123 Å². The fourth-order valence-electron chi connectivity index (χ4n) is 3.00. The predicted molar refractivity (Wildman–Crippen MR) is 112 cm³/mol. The van der Waals surface area contributed by atoms with Crippen molar-refractivity contribution in [2.75, 3.05) is 13.2 Å². The summed E-state index contributed by atoms with van der Waals surface area (Å²) >= 11 is 0. The maximum Gasteiger partial charge on any atom is 0.305 e. The summed E-state index contributed by atoms with van der Waals surface area (Å²) in [6, 6.07) is 0. The molecule has 0 spiro atoms. The predicted octanol–water partition coefficient (Wildman–Crippen LogP) is 6.74. The topological polar surface area (TPSA) is 52.6 Å². The molecule has 0 unspecified atom stereocenters. The average Bonchev–Trinajstić information content (AvgIpc) is 2.66. The third kappa shape index (κ3) is 21.1. The van der Waals surface area contributed by atoms with E-state index in [1.165, 1.54) is 32.1 Å². The molecule has 0 saturated carbocycles. The van der Waals surface area contributed by atoms with Crippen LogP contribution in [-0.4, -0.2) is 25.2 Å². The molecule has 0 aliphatic rings. The van der Waals surface area contributed by atoms with Crippen LogP contribution in [0, 0.1) is 0 Å². The molecule has 0 aromatic heterocycles. The smallest absolute Gasteiger partial charge is 0.305 e. The Kier molecular flexibility index (Phi) is 20.4. The highest BCUT2D eigenvalue weighted by Crippen LogP contribution is 2.10. The minimum Gasteiger partial charge on any atom is -0.466 e. The van der Waals surface area contributed by atoms with Gasteiger partial charge in [0.15, 0.2) is 0 Å². The zero-order valence-electron chi connectivity index (χ0n) is 18.1. The van der Waals surface area contributed by atoms with Crippen LogP contribution in [0.5, 0.6) is 0 Å². The van der Waals surface area contributed by atoms with Crippen molar-refractivity contribution in [2.45, 2.75) is 123 Å². The molecule has 0 aromatic carbocycles. The third-order valence-electron chi connectivity index (χ3n) is 4.78. The fraction of sp³-hybridized carbons (Fsp3) is 0.913. The summed E-state index contributed by atoms with van der Waals surface area (Å²) in [6.07, 6.45) is 17.7. The summed E-state index contributed by atoms with van der Waals surface area (Å²) in [5.74, 6) is -0.101. The van der Waals surface area contributed by atoms with Gasteiger partial charge in [-0.1, -0.05) is 84.5 Å². The maximum atomic E-state index is 11.6. The standard InChI is InChI=1S/C23H44O4/c1-3-5-7-13-17-21-27-23(25)19-15-12-10-9-11-14-18-22(24)26-20-16-8-6-4-2/h3-21H2,1-2H3. The molecule has 4 heteroatoms. The van der Waals surface area contributed by atoms with Crippen molar-refractivity contribution >= 4 is 11.9 Å². The number of esters is 2. The van der Waals surface area contributed by atoms with Gasteiger partial charge in [0.2, 0.25) is 0 Å². The van der Waals surface area contributed by atoms with Crippen LogP contribution in [0.2, 0.25) is 0 Å². The fourth-order valence-corrected chi connectivity index (χ4v) is 3.00. The van der Waals surface area contributed by atoms with Crippen molar-refractivity contribution in [1.82, 2.24) is 0 Å². The van der Waals surface area contributed by atoms with E-state index in [-0.39, 0.29) is 11.9 Å². The van der Waals surface area contributed by atoms with Crippen LogP contribution in [0.25, 0.3) is 0 Å². The lowest BCUT2D eigenvalue weighted by molar-refractivity contribution is -0.144. The molecule has 0 aliphatic carbocycles. The van der Waals surface area contributed by atoms with E-state index >= 15 is 0 Å². The second-order valence-electron chi connectivity index (χ2n) is 7.54. The van der Waals surface area contributed by atoms with Gasteiger partial charge in [-0.25, -0.2) is 0 Å². The monoisotopic (exact) mass is 384 g/mol. The highest BCUT2D eigenvalue weighted by atomic mass is 16.5. The lowest BCUT2D eigenvalue weighted by Gasteiger charge is -2.06. The summed E-state index contributed by atoms with van der Waals surface area (Å²) in [5.41, 5.74) is 0. The zero-order valence-corrected chi connectivity index (χ0v) is 18.1. The van der Waals surface area contributed by atoms with Gasteiger partial charge >= 0.3 is 11.9 Å². The summed E-state index contributed by atoms with van der Waals surface area (Å²) in [6.45, 7) is 5.53. The Morgan fingerprint density at radius 2 is 0.815 bits per heavy atom. The normalized spacial score (nSPS) is 10.7. The first kappa shape index (κ1) is 25.9. The van der Waals surface area contributed by atoms with E-state index < -0.39 is 0 Å². The lowest BCUT2D eigenvalue weighted by Crippen LogP contribution is -2.06. The second-order valence-corrected chi connectivity index (χ2v) is 7.54. The van der Waals surface area contributed by atoms with Crippen LogP contribution in [0.3, 0.4) is 0 Å². The molecule has 0 atom stereocenters. The molecule has 0 saturated heterocycles. The number of carbonyl (C=O) groups is 2. The second kappa shape index (κ2) is 21.2. The summed E-state index contributed by atoms with van der Waals surface area (Å²) in [5, 5.41) is 0. The van der Waals surface area contributed by atoms with Crippen LogP contribution < -0.4 is 0 Å². The van der Waals surface area contributed by atoms with Crippen LogP contribution in [0.4, 0.5) is 0 Å². The Hall–Kier alpha value is -1.06. The molecule has 0 N–H and O–H groups in total. The summed E-state index contributed by atoms with van der Waals surface area (Å²) in [4.78, 5) is 23.2. The van der Waals surface area contributed by atoms with E-state index in [4.69, 9.17) is 9.47 Å². The molecule has 0 aliphatic heterocycles. The molecule has 0 heterocycles. The number of carbonyl (C=O) groups excluding carboxylic acids is 2. The third-order valence-corrected chi connectivity index (χ3v) is 4.78. The highest BCUT2D eigenvalue weighted by molar-refractivity contribution is 5.69. The lowest BCUT2D eigenvalue weighted by atomic mass is 10.1. The van der Waals surface area contributed by atoms with Crippen molar-refractivity contribution in [3.05, 3.63) is 0 Å². The molecule has 0 fully saturated rings. The molecule has 0 bridgehead atoms.